The second-order valence-corrected chi connectivity index (χ2v) is 8.11. The van der Waals surface area contributed by atoms with E-state index >= 15 is 0 Å². The Morgan fingerprint density at radius 1 is 0.939 bits per heavy atom. The maximum atomic E-state index is 11.5. The molecular weight excluding hydrogens is 412 g/mol. The van der Waals surface area contributed by atoms with Crippen molar-refractivity contribution in [2.75, 3.05) is 0 Å². The number of benzene rings is 2. The molecule has 0 atom stereocenters. The van der Waals surface area contributed by atoms with Crippen LogP contribution < -0.4 is 0 Å². The zero-order valence-corrected chi connectivity index (χ0v) is 18.8. The summed E-state index contributed by atoms with van der Waals surface area (Å²) >= 11 is 0. The molecule has 1 N–H and O–H groups in total. The normalized spacial score (nSPS) is 10.9. The van der Waals surface area contributed by atoms with Crippen LogP contribution in [0.3, 0.4) is 0 Å². The second-order valence-electron chi connectivity index (χ2n) is 8.11. The predicted octanol–water partition coefficient (Wildman–Crippen LogP) is 5.21. The van der Waals surface area contributed by atoms with Crippen molar-refractivity contribution in [1.29, 1.82) is 0 Å². The number of aromatic carboxylic acids is 1. The summed E-state index contributed by atoms with van der Waals surface area (Å²) in [5.74, 6) is 0.940. The number of rotatable bonds is 10. The molecule has 6 nitrogen and oxygen atoms in total. The molecule has 33 heavy (non-hydrogen) atoms. The van der Waals surface area contributed by atoms with Crippen molar-refractivity contribution in [3.63, 3.8) is 0 Å². The summed E-state index contributed by atoms with van der Waals surface area (Å²) in [6.07, 6.45) is 7.92. The molecule has 4 rings (SSSR count). The summed E-state index contributed by atoms with van der Waals surface area (Å²) in [4.78, 5) is 20.5. The van der Waals surface area contributed by atoms with Gasteiger partial charge in [-0.2, -0.15) is 5.10 Å². The highest BCUT2D eigenvalue weighted by atomic mass is 16.4. The summed E-state index contributed by atoms with van der Waals surface area (Å²) in [6.45, 7) is 2.82. The summed E-state index contributed by atoms with van der Waals surface area (Å²) in [7, 11) is 0. The zero-order valence-electron chi connectivity index (χ0n) is 18.8. The van der Waals surface area contributed by atoms with Crippen LogP contribution in [0, 0.1) is 0 Å². The van der Waals surface area contributed by atoms with Gasteiger partial charge in [0.1, 0.15) is 5.82 Å². The second kappa shape index (κ2) is 10.7. The number of aryl methyl sites for hydroxylation is 3. The van der Waals surface area contributed by atoms with Gasteiger partial charge in [0.2, 0.25) is 0 Å². The Hall–Kier alpha value is -3.80. The van der Waals surface area contributed by atoms with E-state index in [9.17, 15) is 9.90 Å². The van der Waals surface area contributed by atoms with Crippen LogP contribution in [0.4, 0.5) is 0 Å². The van der Waals surface area contributed by atoms with Crippen LogP contribution in [0.1, 0.15) is 52.9 Å². The lowest BCUT2D eigenvalue weighted by molar-refractivity contribution is 0.0697. The number of aromatic nitrogens is 4. The maximum Gasteiger partial charge on any atom is 0.336 e. The number of unbranched alkanes of at least 4 members (excludes halogenated alkanes) is 1. The van der Waals surface area contributed by atoms with Crippen molar-refractivity contribution in [3.8, 4) is 11.1 Å². The van der Waals surface area contributed by atoms with E-state index in [-0.39, 0.29) is 5.56 Å². The van der Waals surface area contributed by atoms with Crippen LogP contribution in [0.15, 0.2) is 73.1 Å². The Kier molecular flexibility index (Phi) is 7.25. The predicted molar refractivity (Wildman–Crippen MR) is 128 cm³/mol. The van der Waals surface area contributed by atoms with E-state index in [1.807, 2.05) is 35.0 Å². The van der Waals surface area contributed by atoms with E-state index in [4.69, 9.17) is 10.1 Å². The fraction of sp³-hybridized carbons (Fsp3) is 0.259. The Morgan fingerprint density at radius 2 is 1.73 bits per heavy atom. The van der Waals surface area contributed by atoms with Gasteiger partial charge in [-0.05, 0) is 35.6 Å². The molecule has 0 amide bonds. The first kappa shape index (κ1) is 22.4. The lowest BCUT2D eigenvalue weighted by Gasteiger charge is -2.09. The lowest BCUT2D eigenvalue weighted by atomic mass is 10.0. The average molecular weight is 441 g/mol. The monoisotopic (exact) mass is 440 g/mol. The van der Waals surface area contributed by atoms with Gasteiger partial charge in [0.15, 0.2) is 5.82 Å². The summed E-state index contributed by atoms with van der Waals surface area (Å²) in [5, 5.41) is 14.3. The van der Waals surface area contributed by atoms with E-state index in [1.165, 1.54) is 17.8 Å². The van der Waals surface area contributed by atoms with E-state index in [1.54, 1.807) is 6.20 Å². The molecule has 0 spiro atoms. The van der Waals surface area contributed by atoms with Crippen LogP contribution >= 0.6 is 0 Å². The zero-order chi connectivity index (χ0) is 23.0. The van der Waals surface area contributed by atoms with Crippen molar-refractivity contribution < 1.29 is 9.90 Å². The molecule has 0 fully saturated rings. The number of carboxylic acids is 1. The average Bonchev–Trinajstić information content (AvgIpc) is 3.24. The minimum absolute atomic E-state index is 0.249. The van der Waals surface area contributed by atoms with E-state index in [0.717, 1.165) is 54.9 Å². The Morgan fingerprint density at radius 3 is 2.45 bits per heavy atom. The van der Waals surface area contributed by atoms with Gasteiger partial charge >= 0.3 is 5.97 Å². The number of carboxylic acid groups (broad SMARTS) is 1. The quantitative estimate of drug-likeness (QED) is 0.366. The number of hydrogen-bond acceptors (Lipinski definition) is 4. The van der Waals surface area contributed by atoms with Crippen LogP contribution in [-0.4, -0.2) is 30.8 Å². The van der Waals surface area contributed by atoms with Crippen molar-refractivity contribution in [2.45, 2.75) is 45.6 Å². The van der Waals surface area contributed by atoms with Gasteiger partial charge in [-0.3, -0.25) is 4.98 Å². The highest BCUT2D eigenvalue weighted by Gasteiger charge is 2.13. The number of hydrogen-bond donors (Lipinski definition) is 1. The first-order chi connectivity index (χ1) is 16.1. The summed E-state index contributed by atoms with van der Waals surface area (Å²) in [5.41, 5.74) is 4.08. The molecule has 0 unspecified atom stereocenters. The fourth-order valence-corrected chi connectivity index (χ4v) is 3.85. The third-order valence-electron chi connectivity index (χ3n) is 5.68. The van der Waals surface area contributed by atoms with Gasteiger partial charge < -0.3 is 5.11 Å². The molecule has 0 saturated carbocycles. The van der Waals surface area contributed by atoms with Crippen molar-refractivity contribution in [2.24, 2.45) is 0 Å². The van der Waals surface area contributed by atoms with Gasteiger partial charge in [-0.25, -0.2) is 14.5 Å². The third kappa shape index (κ3) is 5.71. The molecule has 0 saturated heterocycles. The lowest BCUT2D eigenvalue weighted by Crippen LogP contribution is -2.07. The standard InChI is InChI=1S/C27H28N4O2/c1-2-3-9-26-29-25(15-12-20-7-5-4-6-8-20)30-31(26)19-21-10-13-22(14-11-21)24-18-28-17-16-23(24)27(32)33/h4-8,10-11,13-14,16-18H,2-3,9,12,15,19H2,1H3,(H,32,33). The van der Waals surface area contributed by atoms with E-state index in [2.05, 4.69) is 36.2 Å². The number of carbonyl (C=O) groups is 1. The molecule has 0 aliphatic carbocycles. The van der Waals surface area contributed by atoms with Gasteiger partial charge in [0.25, 0.3) is 0 Å². The van der Waals surface area contributed by atoms with Crippen molar-refractivity contribution >= 4 is 5.97 Å². The highest BCUT2D eigenvalue weighted by Crippen LogP contribution is 2.23. The molecular formula is C27H28N4O2. The molecule has 168 valence electrons. The van der Waals surface area contributed by atoms with E-state index < -0.39 is 5.97 Å². The summed E-state index contributed by atoms with van der Waals surface area (Å²) < 4.78 is 2.01. The molecule has 4 aromatic rings. The first-order valence-corrected chi connectivity index (χ1v) is 11.4. The van der Waals surface area contributed by atoms with E-state index in [0.29, 0.717) is 12.1 Å². The topological polar surface area (TPSA) is 80.9 Å². The van der Waals surface area contributed by atoms with Gasteiger partial charge in [-0.15, -0.1) is 0 Å². The minimum Gasteiger partial charge on any atom is -0.478 e. The van der Waals surface area contributed by atoms with Gasteiger partial charge in [0, 0.05) is 30.8 Å². The SMILES string of the molecule is CCCCc1nc(CCc2ccccc2)nn1Cc1ccc(-c2cnccc2C(=O)O)cc1. The van der Waals surface area contributed by atoms with Crippen molar-refractivity contribution in [3.05, 3.63) is 101 Å². The van der Waals surface area contributed by atoms with Crippen LogP contribution in [-0.2, 0) is 25.8 Å². The smallest absolute Gasteiger partial charge is 0.336 e. The minimum atomic E-state index is -0.956. The number of nitrogens with zero attached hydrogens (tertiary/aromatic N) is 4. The largest absolute Gasteiger partial charge is 0.478 e. The molecule has 2 aromatic heterocycles. The molecule has 2 aromatic carbocycles. The highest BCUT2D eigenvalue weighted by molar-refractivity contribution is 5.95. The van der Waals surface area contributed by atoms with Gasteiger partial charge in [0.05, 0.1) is 12.1 Å². The first-order valence-electron chi connectivity index (χ1n) is 11.4. The molecule has 0 aliphatic rings. The summed E-state index contributed by atoms with van der Waals surface area (Å²) in [6, 6.07) is 19.9. The molecule has 2 heterocycles. The fourth-order valence-electron chi connectivity index (χ4n) is 3.85. The van der Waals surface area contributed by atoms with Crippen LogP contribution in [0.2, 0.25) is 0 Å². The molecule has 0 bridgehead atoms. The molecule has 0 aliphatic heterocycles. The number of pyridine rings is 1. The molecule has 6 heteroatoms. The van der Waals surface area contributed by atoms with Crippen molar-refractivity contribution in [1.82, 2.24) is 19.7 Å². The maximum absolute atomic E-state index is 11.5. The Bertz CT molecular complexity index is 1200. The Labute approximate surface area is 194 Å². The van der Waals surface area contributed by atoms with Crippen LogP contribution in [0.5, 0.6) is 0 Å². The Balaban J connectivity index is 1.51. The van der Waals surface area contributed by atoms with Crippen LogP contribution in [0.25, 0.3) is 11.1 Å². The molecule has 0 radical (unpaired) electrons. The third-order valence-corrected chi connectivity index (χ3v) is 5.68. The van der Waals surface area contributed by atoms with Gasteiger partial charge in [-0.1, -0.05) is 67.9 Å².